The van der Waals surface area contributed by atoms with Crippen LogP contribution in [0.15, 0.2) is 42.6 Å². The van der Waals surface area contributed by atoms with Gasteiger partial charge in [0.1, 0.15) is 5.69 Å². The third-order valence-corrected chi connectivity index (χ3v) is 6.00. The molecule has 8 nitrogen and oxygen atoms in total. The molecule has 1 aromatic heterocycles. The smallest absolute Gasteiger partial charge is 0.338 e. The summed E-state index contributed by atoms with van der Waals surface area (Å²) in [4.78, 5) is 39.3. The first-order valence-electron chi connectivity index (χ1n) is 11.3. The lowest BCUT2D eigenvalue weighted by molar-refractivity contribution is 0.0406. The van der Waals surface area contributed by atoms with Gasteiger partial charge in [-0.2, -0.15) is 0 Å². The van der Waals surface area contributed by atoms with Crippen LogP contribution in [-0.4, -0.2) is 52.6 Å². The highest BCUT2D eigenvalue weighted by Crippen LogP contribution is 2.23. The van der Waals surface area contributed by atoms with E-state index in [0.29, 0.717) is 23.4 Å². The van der Waals surface area contributed by atoms with E-state index in [4.69, 9.17) is 4.74 Å². The molecule has 1 saturated carbocycles. The van der Waals surface area contributed by atoms with Gasteiger partial charge < -0.3 is 24.8 Å². The highest BCUT2D eigenvalue weighted by molar-refractivity contribution is 5.94. The summed E-state index contributed by atoms with van der Waals surface area (Å²) in [6.07, 6.45) is 7.44. The van der Waals surface area contributed by atoms with E-state index in [9.17, 15) is 14.4 Å². The number of esters is 1. The van der Waals surface area contributed by atoms with E-state index in [1.807, 2.05) is 34.8 Å². The number of carbonyl (C=O) groups is 3. The molecule has 2 aliphatic rings. The molecule has 1 saturated heterocycles. The molecule has 32 heavy (non-hydrogen) atoms. The van der Waals surface area contributed by atoms with Crippen molar-refractivity contribution in [3.63, 3.8) is 0 Å². The Kier molecular flexibility index (Phi) is 6.78. The summed E-state index contributed by atoms with van der Waals surface area (Å²) in [7, 11) is 1.87. The minimum atomic E-state index is -0.438. The average molecular weight is 439 g/mol. The maximum Gasteiger partial charge on any atom is 0.338 e. The molecule has 1 aromatic carbocycles. The van der Waals surface area contributed by atoms with Crippen LogP contribution < -0.4 is 10.6 Å². The topological polar surface area (TPSA) is 92.7 Å². The fourth-order valence-electron chi connectivity index (χ4n) is 4.07. The predicted molar refractivity (Wildman–Crippen MR) is 121 cm³/mol. The van der Waals surface area contributed by atoms with Gasteiger partial charge in [-0.1, -0.05) is 6.07 Å². The van der Waals surface area contributed by atoms with Crippen LogP contribution in [0.4, 0.5) is 10.5 Å². The normalized spacial score (nSPS) is 18.2. The first-order chi connectivity index (χ1) is 15.5. The quantitative estimate of drug-likeness (QED) is 0.647. The van der Waals surface area contributed by atoms with E-state index in [2.05, 4.69) is 10.6 Å². The lowest BCUT2D eigenvalue weighted by Crippen LogP contribution is -2.44. The van der Waals surface area contributed by atoms with Gasteiger partial charge in [0.15, 0.2) is 0 Å². The van der Waals surface area contributed by atoms with E-state index in [1.165, 1.54) is 0 Å². The van der Waals surface area contributed by atoms with Gasteiger partial charge in [-0.05, 0) is 62.4 Å². The maximum absolute atomic E-state index is 13.0. The second-order valence-corrected chi connectivity index (χ2v) is 8.53. The fraction of sp³-hybridized carbons (Fsp3) is 0.458. The number of aromatic nitrogens is 1. The number of nitrogens with one attached hydrogen (secondary N) is 2. The van der Waals surface area contributed by atoms with Gasteiger partial charge in [0.05, 0.1) is 12.2 Å². The minimum Gasteiger partial charge on any atom is -0.462 e. The monoisotopic (exact) mass is 438 g/mol. The number of anilines is 1. The van der Waals surface area contributed by atoms with Gasteiger partial charge >= 0.3 is 12.0 Å². The summed E-state index contributed by atoms with van der Waals surface area (Å²) >= 11 is 0. The molecule has 2 fully saturated rings. The molecule has 0 spiro atoms. The Balaban J connectivity index is 1.29. The number of nitrogens with zero attached hydrogens (tertiary/aromatic N) is 2. The highest BCUT2D eigenvalue weighted by Gasteiger charge is 2.28. The minimum absolute atomic E-state index is 0.0248. The fourth-order valence-corrected chi connectivity index (χ4v) is 4.07. The molecule has 1 aliphatic heterocycles. The number of benzene rings is 1. The van der Waals surface area contributed by atoms with Crippen molar-refractivity contribution in [2.75, 3.05) is 18.5 Å². The Morgan fingerprint density at radius 3 is 2.69 bits per heavy atom. The number of hydrogen-bond donors (Lipinski definition) is 2. The molecule has 3 amide bonds. The third kappa shape index (κ3) is 5.49. The number of aryl methyl sites for hydroxylation is 1. The molecule has 0 bridgehead atoms. The number of rotatable bonds is 7. The zero-order valence-corrected chi connectivity index (χ0v) is 18.4. The van der Waals surface area contributed by atoms with E-state index < -0.39 is 5.97 Å². The molecule has 1 atom stereocenters. The molecule has 0 radical (unpaired) electrons. The van der Waals surface area contributed by atoms with Crippen molar-refractivity contribution in [3.8, 4) is 0 Å². The Hall–Kier alpha value is -3.29. The molecule has 2 heterocycles. The molecular formula is C24H30N4O4. The summed E-state index contributed by atoms with van der Waals surface area (Å²) in [5, 5.41) is 5.60. The van der Waals surface area contributed by atoms with E-state index in [-0.39, 0.29) is 30.6 Å². The highest BCUT2D eigenvalue weighted by atomic mass is 16.5. The zero-order chi connectivity index (χ0) is 22.5. The lowest BCUT2D eigenvalue weighted by Gasteiger charge is -2.35. The molecule has 1 unspecified atom stereocenters. The first kappa shape index (κ1) is 21.9. The van der Waals surface area contributed by atoms with Crippen molar-refractivity contribution < 1.29 is 19.1 Å². The zero-order valence-electron chi connectivity index (χ0n) is 18.4. The summed E-state index contributed by atoms with van der Waals surface area (Å²) in [5.74, 6) is -0.413. The van der Waals surface area contributed by atoms with Crippen LogP contribution in [-0.2, 0) is 11.8 Å². The van der Waals surface area contributed by atoms with Crippen LogP contribution in [0, 0.1) is 0 Å². The molecule has 4 rings (SSSR count). The number of likely N-dealkylation sites (tertiary alicyclic amines) is 1. The number of amides is 3. The molecule has 8 heteroatoms. The lowest BCUT2D eigenvalue weighted by atomic mass is 9.99. The third-order valence-electron chi connectivity index (χ3n) is 6.00. The van der Waals surface area contributed by atoms with Gasteiger partial charge in [-0.15, -0.1) is 0 Å². The SMILES string of the molecule is Cn1cccc1C(=O)N1CCCCC1CCOC(=O)c1cccc(NC(=O)NC2CC2)c1. The van der Waals surface area contributed by atoms with Crippen molar-refractivity contribution in [1.82, 2.24) is 14.8 Å². The number of hydrogen-bond acceptors (Lipinski definition) is 4. The van der Waals surface area contributed by atoms with Crippen LogP contribution in [0.3, 0.4) is 0 Å². The standard InChI is InChI=1S/C24H30N4O4/c1-27-13-5-9-21(27)22(29)28-14-3-2-8-20(28)12-15-32-23(30)17-6-4-7-19(16-17)26-24(31)25-18-10-11-18/h4-7,9,13,16,18,20H,2-3,8,10-12,14-15H2,1H3,(H2,25,26,31). The maximum atomic E-state index is 13.0. The van der Waals surface area contributed by atoms with Crippen LogP contribution in [0.1, 0.15) is 59.4 Å². The van der Waals surface area contributed by atoms with Crippen molar-refractivity contribution in [3.05, 3.63) is 53.9 Å². The molecular weight excluding hydrogens is 408 g/mol. The predicted octanol–water partition coefficient (Wildman–Crippen LogP) is 3.55. The van der Waals surface area contributed by atoms with Crippen LogP contribution >= 0.6 is 0 Å². The number of piperidine rings is 1. The van der Waals surface area contributed by atoms with E-state index in [1.54, 1.807) is 24.3 Å². The average Bonchev–Trinajstić information content (AvgIpc) is 3.50. The molecule has 1 aliphatic carbocycles. The summed E-state index contributed by atoms with van der Waals surface area (Å²) in [5.41, 5.74) is 1.60. The number of ether oxygens (including phenoxy) is 1. The summed E-state index contributed by atoms with van der Waals surface area (Å²) in [6, 6.07) is 10.5. The summed E-state index contributed by atoms with van der Waals surface area (Å²) in [6.45, 7) is 0.958. The second-order valence-electron chi connectivity index (χ2n) is 8.53. The van der Waals surface area contributed by atoms with Gasteiger partial charge in [0, 0.05) is 44.0 Å². The molecule has 2 N–H and O–H groups in total. The Morgan fingerprint density at radius 2 is 1.94 bits per heavy atom. The van der Waals surface area contributed by atoms with Gasteiger partial charge in [0.25, 0.3) is 5.91 Å². The molecule has 2 aromatic rings. The van der Waals surface area contributed by atoms with Crippen molar-refractivity contribution >= 4 is 23.6 Å². The van der Waals surface area contributed by atoms with Gasteiger partial charge in [-0.25, -0.2) is 9.59 Å². The van der Waals surface area contributed by atoms with Gasteiger partial charge in [0.2, 0.25) is 0 Å². The Morgan fingerprint density at radius 1 is 1.09 bits per heavy atom. The largest absolute Gasteiger partial charge is 0.462 e. The van der Waals surface area contributed by atoms with Crippen molar-refractivity contribution in [2.45, 2.75) is 50.6 Å². The number of urea groups is 1. The van der Waals surface area contributed by atoms with Crippen molar-refractivity contribution in [1.29, 1.82) is 0 Å². The van der Waals surface area contributed by atoms with Crippen LogP contribution in [0.25, 0.3) is 0 Å². The van der Waals surface area contributed by atoms with Gasteiger partial charge in [-0.3, -0.25) is 4.79 Å². The first-order valence-corrected chi connectivity index (χ1v) is 11.3. The van der Waals surface area contributed by atoms with Crippen LogP contribution in [0.5, 0.6) is 0 Å². The second kappa shape index (κ2) is 9.89. The summed E-state index contributed by atoms with van der Waals surface area (Å²) < 4.78 is 7.33. The number of carbonyl (C=O) groups excluding carboxylic acids is 3. The van der Waals surface area contributed by atoms with E-state index in [0.717, 1.165) is 38.6 Å². The molecule has 170 valence electrons. The van der Waals surface area contributed by atoms with Crippen LogP contribution in [0.2, 0.25) is 0 Å². The van der Waals surface area contributed by atoms with E-state index >= 15 is 0 Å². The Labute approximate surface area is 187 Å². The Bertz CT molecular complexity index is 982. The van der Waals surface area contributed by atoms with Crippen molar-refractivity contribution in [2.24, 2.45) is 7.05 Å².